The number of hydrogen-bond acceptors (Lipinski definition) is 4. The van der Waals surface area contributed by atoms with Crippen molar-refractivity contribution in [3.63, 3.8) is 0 Å². The van der Waals surface area contributed by atoms with Crippen LogP contribution in [-0.2, 0) is 16.1 Å². The maximum Gasteiger partial charge on any atom is 0.234 e. The average Bonchev–Trinajstić information content (AvgIpc) is 3.08. The van der Waals surface area contributed by atoms with Gasteiger partial charge in [-0.1, -0.05) is 36.4 Å². The summed E-state index contributed by atoms with van der Waals surface area (Å²) in [6.07, 6.45) is 0. The van der Waals surface area contributed by atoms with Gasteiger partial charge in [-0.3, -0.25) is 4.79 Å². The predicted octanol–water partition coefficient (Wildman–Crippen LogP) is 2.08. The molecule has 0 unspecified atom stereocenters. The molecule has 0 saturated carbocycles. The maximum absolute atomic E-state index is 11.7. The van der Waals surface area contributed by atoms with Gasteiger partial charge in [-0.05, 0) is 17.7 Å². The molecule has 0 aliphatic carbocycles. The van der Waals surface area contributed by atoms with E-state index in [9.17, 15) is 4.79 Å². The van der Waals surface area contributed by atoms with E-state index in [1.165, 1.54) is 0 Å². The van der Waals surface area contributed by atoms with E-state index in [-0.39, 0.29) is 5.91 Å². The molecule has 2 aromatic carbocycles. The number of para-hydroxylation sites is 2. The molecule has 0 spiro atoms. The topological polar surface area (TPSA) is 79.0 Å². The molecule has 0 bridgehead atoms. The number of carbonyl (C=O) groups is 1. The number of methoxy groups -OCH3 is 1. The molecule has 0 fully saturated rings. The number of amides is 1. The van der Waals surface area contributed by atoms with Gasteiger partial charge in [0.25, 0.3) is 0 Å². The number of nitrogens with one attached hydrogen (secondary N) is 3. The Balaban J connectivity index is 1.54. The summed E-state index contributed by atoms with van der Waals surface area (Å²) in [5.74, 6) is 0.816. The van der Waals surface area contributed by atoms with Gasteiger partial charge in [0.05, 0.1) is 24.2 Å². The van der Waals surface area contributed by atoms with Gasteiger partial charge in [-0.25, -0.2) is 4.98 Å². The molecule has 0 aliphatic heterocycles. The van der Waals surface area contributed by atoms with Crippen molar-refractivity contribution in [1.82, 2.24) is 20.6 Å². The summed E-state index contributed by atoms with van der Waals surface area (Å²) in [4.78, 5) is 19.6. The van der Waals surface area contributed by atoms with E-state index >= 15 is 0 Å². The molecule has 6 heteroatoms. The Morgan fingerprint density at radius 1 is 1.16 bits per heavy atom. The zero-order chi connectivity index (χ0) is 17.5. The lowest BCUT2D eigenvalue weighted by Gasteiger charge is -2.07. The first-order valence-corrected chi connectivity index (χ1v) is 8.26. The van der Waals surface area contributed by atoms with Crippen molar-refractivity contribution in [1.29, 1.82) is 0 Å². The molecule has 0 radical (unpaired) electrons. The van der Waals surface area contributed by atoms with Crippen molar-refractivity contribution in [3.05, 3.63) is 54.1 Å². The van der Waals surface area contributed by atoms with Gasteiger partial charge < -0.3 is 20.4 Å². The standard InChI is InChI=1S/C19H22N4O2/c1-25-11-10-20-13-18(24)21-12-14-6-8-15(9-7-14)19-22-16-4-2-3-5-17(16)23-19/h2-9,20H,10-13H2,1H3,(H,21,24)(H,22,23). The lowest BCUT2D eigenvalue weighted by Crippen LogP contribution is -2.34. The van der Waals surface area contributed by atoms with Crippen LogP contribution in [0.4, 0.5) is 0 Å². The average molecular weight is 338 g/mol. The van der Waals surface area contributed by atoms with Gasteiger partial charge in [0.15, 0.2) is 0 Å². The highest BCUT2D eigenvalue weighted by Crippen LogP contribution is 2.20. The Morgan fingerprint density at radius 3 is 2.72 bits per heavy atom. The molecular weight excluding hydrogens is 316 g/mol. The van der Waals surface area contributed by atoms with Crippen molar-refractivity contribution in [2.45, 2.75) is 6.54 Å². The number of ether oxygens (including phenoxy) is 1. The van der Waals surface area contributed by atoms with Gasteiger partial charge in [-0.15, -0.1) is 0 Å². The molecule has 3 rings (SSSR count). The van der Waals surface area contributed by atoms with Gasteiger partial charge in [-0.2, -0.15) is 0 Å². The van der Waals surface area contributed by atoms with E-state index in [1.807, 2.05) is 48.5 Å². The molecule has 3 aromatic rings. The Hall–Kier alpha value is -2.70. The number of benzene rings is 2. The minimum Gasteiger partial charge on any atom is -0.383 e. The minimum atomic E-state index is -0.0301. The number of rotatable bonds is 8. The number of imidazole rings is 1. The van der Waals surface area contributed by atoms with Crippen LogP contribution >= 0.6 is 0 Å². The molecular formula is C19H22N4O2. The lowest BCUT2D eigenvalue weighted by atomic mass is 10.1. The highest BCUT2D eigenvalue weighted by Gasteiger charge is 2.05. The summed E-state index contributed by atoms with van der Waals surface area (Å²) in [6, 6.07) is 16.0. The van der Waals surface area contributed by atoms with Crippen LogP contribution in [0.25, 0.3) is 22.4 Å². The SMILES string of the molecule is COCCNCC(=O)NCc1ccc(-c2nc3ccccc3[nH]2)cc1. The van der Waals surface area contributed by atoms with E-state index in [4.69, 9.17) is 4.74 Å². The summed E-state index contributed by atoms with van der Waals surface area (Å²) < 4.78 is 4.92. The Bertz CT molecular complexity index is 794. The number of fused-ring (bicyclic) bond motifs is 1. The predicted molar refractivity (Wildman–Crippen MR) is 98.1 cm³/mol. The van der Waals surface area contributed by atoms with Crippen LogP contribution in [0.3, 0.4) is 0 Å². The van der Waals surface area contributed by atoms with Crippen LogP contribution < -0.4 is 10.6 Å². The lowest BCUT2D eigenvalue weighted by molar-refractivity contribution is -0.120. The van der Waals surface area contributed by atoms with E-state index < -0.39 is 0 Å². The third kappa shape index (κ3) is 4.65. The zero-order valence-electron chi connectivity index (χ0n) is 14.2. The maximum atomic E-state index is 11.7. The summed E-state index contributed by atoms with van der Waals surface area (Å²) in [7, 11) is 1.64. The van der Waals surface area contributed by atoms with Gasteiger partial charge >= 0.3 is 0 Å². The molecule has 0 saturated heterocycles. The number of nitrogens with zero attached hydrogens (tertiary/aromatic N) is 1. The first kappa shape index (κ1) is 17.1. The van der Waals surface area contributed by atoms with Gasteiger partial charge in [0.2, 0.25) is 5.91 Å². The van der Waals surface area contributed by atoms with Gasteiger partial charge in [0.1, 0.15) is 5.82 Å². The van der Waals surface area contributed by atoms with Crippen LogP contribution in [0.15, 0.2) is 48.5 Å². The van der Waals surface area contributed by atoms with E-state index in [0.717, 1.165) is 28.0 Å². The highest BCUT2D eigenvalue weighted by molar-refractivity contribution is 5.79. The second-order valence-corrected chi connectivity index (χ2v) is 5.75. The van der Waals surface area contributed by atoms with E-state index in [0.29, 0.717) is 26.2 Å². The monoisotopic (exact) mass is 338 g/mol. The minimum absolute atomic E-state index is 0.0301. The van der Waals surface area contributed by atoms with Crippen LogP contribution in [0, 0.1) is 0 Å². The van der Waals surface area contributed by atoms with Gasteiger partial charge in [0, 0.05) is 25.8 Å². The number of hydrogen-bond donors (Lipinski definition) is 3. The second kappa shape index (κ2) is 8.41. The summed E-state index contributed by atoms with van der Waals surface area (Å²) in [5.41, 5.74) is 4.04. The highest BCUT2D eigenvalue weighted by atomic mass is 16.5. The molecule has 1 aromatic heterocycles. The number of H-pyrrole nitrogens is 1. The van der Waals surface area contributed by atoms with Crippen molar-refractivity contribution in [2.24, 2.45) is 0 Å². The molecule has 1 heterocycles. The molecule has 0 aliphatic rings. The Kier molecular flexibility index (Phi) is 5.77. The van der Waals surface area contributed by atoms with Crippen LogP contribution in [0.5, 0.6) is 0 Å². The molecule has 0 atom stereocenters. The van der Waals surface area contributed by atoms with E-state index in [2.05, 4.69) is 20.6 Å². The van der Waals surface area contributed by atoms with Crippen LogP contribution in [-0.4, -0.2) is 42.7 Å². The quantitative estimate of drug-likeness (QED) is 0.550. The van der Waals surface area contributed by atoms with Crippen molar-refractivity contribution in [3.8, 4) is 11.4 Å². The fraction of sp³-hybridized carbons (Fsp3) is 0.263. The van der Waals surface area contributed by atoms with Crippen LogP contribution in [0.2, 0.25) is 0 Å². The summed E-state index contributed by atoms with van der Waals surface area (Å²) in [5, 5.41) is 5.91. The first-order chi connectivity index (χ1) is 12.3. The van der Waals surface area contributed by atoms with Crippen LogP contribution in [0.1, 0.15) is 5.56 Å². The van der Waals surface area contributed by atoms with Crippen molar-refractivity contribution in [2.75, 3.05) is 26.8 Å². The Labute approximate surface area is 146 Å². The molecule has 3 N–H and O–H groups in total. The van der Waals surface area contributed by atoms with Crippen molar-refractivity contribution < 1.29 is 9.53 Å². The third-order valence-corrected chi connectivity index (χ3v) is 3.87. The second-order valence-electron chi connectivity index (χ2n) is 5.75. The third-order valence-electron chi connectivity index (χ3n) is 3.87. The Morgan fingerprint density at radius 2 is 1.96 bits per heavy atom. The van der Waals surface area contributed by atoms with E-state index in [1.54, 1.807) is 7.11 Å². The largest absolute Gasteiger partial charge is 0.383 e. The summed E-state index contributed by atoms with van der Waals surface area (Å²) >= 11 is 0. The first-order valence-electron chi connectivity index (χ1n) is 8.26. The summed E-state index contributed by atoms with van der Waals surface area (Å²) in [6.45, 7) is 2.05. The van der Waals surface area contributed by atoms with Crippen molar-refractivity contribution >= 4 is 16.9 Å². The number of aromatic nitrogens is 2. The fourth-order valence-corrected chi connectivity index (χ4v) is 2.51. The molecule has 130 valence electrons. The smallest absolute Gasteiger partial charge is 0.234 e. The normalized spacial score (nSPS) is 10.9. The fourth-order valence-electron chi connectivity index (χ4n) is 2.51. The molecule has 1 amide bonds. The molecule has 6 nitrogen and oxygen atoms in total. The number of carbonyl (C=O) groups excluding carboxylic acids is 1. The zero-order valence-corrected chi connectivity index (χ0v) is 14.2. The number of aromatic amines is 1. The molecule has 25 heavy (non-hydrogen) atoms.